The molecule has 0 aliphatic heterocycles. The van der Waals surface area contributed by atoms with Crippen molar-refractivity contribution in [3.05, 3.63) is 18.0 Å². The Morgan fingerprint density at radius 2 is 2.20 bits per heavy atom. The van der Waals surface area contributed by atoms with Crippen LogP contribution in [-0.4, -0.2) is 27.0 Å². The molecule has 4 nitrogen and oxygen atoms in total. The summed E-state index contributed by atoms with van der Waals surface area (Å²) in [6.45, 7) is 9.10. The normalized spacial score (nSPS) is 12.4. The lowest BCUT2D eigenvalue weighted by atomic mass is 10.1. The van der Waals surface area contributed by atoms with Crippen LogP contribution >= 0.6 is 0 Å². The first kappa shape index (κ1) is 12.2. The summed E-state index contributed by atoms with van der Waals surface area (Å²) in [5.74, 6) is 0. The Balaban J connectivity index is 2.38. The lowest BCUT2D eigenvalue weighted by molar-refractivity contribution is 0.0795. The molecule has 0 saturated heterocycles. The maximum Gasteiger partial charge on any atom is 0.0715 e. The smallest absolute Gasteiger partial charge is 0.0715 e. The second-order valence-electron chi connectivity index (χ2n) is 4.84. The van der Waals surface area contributed by atoms with Crippen LogP contribution in [-0.2, 0) is 6.54 Å². The van der Waals surface area contributed by atoms with Crippen LogP contribution < -0.4 is 5.32 Å². The van der Waals surface area contributed by atoms with Crippen molar-refractivity contribution in [3.63, 3.8) is 0 Å². The van der Waals surface area contributed by atoms with Gasteiger partial charge in [0, 0.05) is 30.9 Å². The Morgan fingerprint density at radius 1 is 1.53 bits per heavy atom. The summed E-state index contributed by atoms with van der Waals surface area (Å²) >= 11 is 0. The van der Waals surface area contributed by atoms with Crippen molar-refractivity contribution in [2.24, 2.45) is 0 Å². The van der Waals surface area contributed by atoms with E-state index in [2.05, 4.69) is 24.3 Å². The number of aliphatic hydroxyl groups is 1. The van der Waals surface area contributed by atoms with Gasteiger partial charge in [0.2, 0.25) is 0 Å². The van der Waals surface area contributed by atoms with E-state index in [1.54, 1.807) is 13.8 Å². The van der Waals surface area contributed by atoms with Crippen molar-refractivity contribution in [2.75, 3.05) is 6.54 Å². The van der Waals surface area contributed by atoms with Crippen LogP contribution in [0.2, 0.25) is 0 Å². The highest BCUT2D eigenvalue weighted by molar-refractivity contribution is 5.03. The summed E-state index contributed by atoms with van der Waals surface area (Å²) in [7, 11) is 0. The van der Waals surface area contributed by atoms with Gasteiger partial charge < -0.3 is 10.4 Å². The molecule has 0 aliphatic rings. The molecule has 0 radical (unpaired) electrons. The molecule has 0 aliphatic carbocycles. The van der Waals surface area contributed by atoms with Crippen LogP contribution in [0.3, 0.4) is 0 Å². The number of hydrogen-bond acceptors (Lipinski definition) is 3. The van der Waals surface area contributed by atoms with Crippen molar-refractivity contribution >= 4 is 0 Å². The fourth-order valence-electron chi connectivity index (χ4n) is 1.26. The van der Waals surface area contributed by atoms with Crippen molar-refractivity contribution in [3.8, 4) is 0 Å². The largest absolute Gasteiger partial charge is 0.389 e. The third-order valence-corrected chi connectivity index (χ3v) is 2.07. The minimum absolute atomic E-state index is 0.396. The number of hydrogen-bond donors (Lipinski definition) is 2. The Morgan fingerprint density at radius 3 is 2.67 bits per heavy atom. The molecule has 1 aromatic heterocycles. The number of aromatic nitrogens is 2. The van der Waals surface area contributed by atoms with Gasteiger partial charge in [-0.1, -0.05) is 0 Å². The first-order valence-corrected chi connectivity index (χ1v) is 5.34. The number of rotatable bonds is 5. The van der Waals surface area contributed by atoms with Crippen LogP contribution in [0.1, 0.15) is 39.3 Å². The summed E-state index contributed by atoms with van der Waals surface area (Å²) in [5, 5.41) is 16.9. The predicted octanol–water partition coefficient (Wildman–Crippen LogP) is 1.32. The van der Waals surface area contributed by atoms with Crippen LogP contribution in [0.5, 0.6) is 0 Å². The minimum atomic E-state index is -0.659. The summed E-state index contributed by atoms with van der Waals surface area (Å²) in [6.07, 6.45) is 3.89. The summed E-state index contributed by atoms with van der Waals surface area (Å²) < 4.78 is 1.93. The topological polar surface area (TPSA) is 50.1 Å². The molecule has 0 amide bonds. The maximum atomic E-state index is 9.51. The van der Waals surface area contributed by atoms with Gasteiger partial charge in [0.25, 0.3) is 0 Å². The molecule has 0 spiro atoms. The first-order chi connectivity index (χ1) is 6.88. The van der Waals surface area contributed by atoms with Crippen LogP contribution in [0.25, 0.3) is 0 Å². The second-order valence-corrected chi connectivity index (χ2v) is 4.84. The Labute approximate surface area is 91.3 Å². The van der Waals surface area contributed by atoms with Gasteiger partial charge in [0.1, 0.15) is 0 Å². The lowest BCUT2D eigenvalue weighted by Gasteiger charge is -2.17. The minimum Gasteiger partial charge on any atom is -0.389 e. The molecule has 0 atom stereocenters. The lowest BCUT2D eigenvalue weighted by Crippen LogP contribution is -2.34. The highest BCUT2D eigenvalue weighted by Gasteiger charge is 2.11. The zero-order chi connectivity index (χ0) is 11.5. The van der Waals surface area contributed by atoms with E-state index in [0.717, 1.165) is 12.1 Å². The van der Waals surface area contributed by atoms with Gasteiger partial charge in [0.15, 0.2) is 0 Å². The molecule has 1 aromatic rings. The van der Waals surface area contributed by atoms with Crippen molar-refractivity contribution in [2.45, 2.75) is 45.9 Å². The Hall–Kier alpha value is -0.870. The molecule has 0 saturated carbocycles. The number of nitrogens with one attached hydrogen (secondary N) is 1. The SMILES string of the molecule is CC(C)n1cc(CNCC(C)(C)O)cn1. The molecule has 1 rings (SSSR count). The molecule has 0 bridgehead atoms. The van der Waals surface area contributed by atoms with Crippen molar-refractivity contribution in [1.29, 1.82) is 0 Å². The number of nitrogens with zero attached hydrogens (tertiary/aromatic N) is 2. The van der Waals surface area contributed by atoms with E-state index in [-0.39, 0.29) is 0 Å². The van der Waals surface area contributed by atoms with Crippen molar-refractivity contribution in [1.82, 2.24) is 15.1 Å². The predicted molar refractivity (Wildman–Crippen MR) is 60.6 cm³/mol. The monoisotopic (exact) mass is 211 g/mol. The maximum absolute atomic E-state index is 9.51. The first-order valence-electron chi connectivity index (χ1n) is 5.34. The average molecular weight is 211 g/mol. The van der Waals surface area contributed by atoms with Gasteiger partial charge >= 0.3 is 0 Å². The van der Waals surface area contributed by atoms with Gasteiger partial charge in [0.05, 0.1) is 11.8 Å². The van der Waals surface area contributed by atoms with E-state index in [0.29, 0.717) is 12.6 Å². The zero-order valence-corrected chi connectivity index (χ0v) is 9.99. The van der Waals surface area contributed by atoms with Crippen LogP contribution in [0.4, 0.5) is 0 Å². The second kappa shape index (κ2) is 4.77. The third-order valence-electron chi connectivity index (χ3n) is 2.07. The van der Waals surface area contributed by atoms with Gasteiger partial charge in [-0.05, 0) is 27.7 Å². The summed E-state index contributed by atoms with van der Waals surface area (Å²) in [4.78, 5) is 0. The van der Waals surface area contributed by atoms with Gasteiger partial charge in [-0.3, -0.25) is 4.68 Å². The highest BCUT2D eigenvalue weighted by atomic mass is 16.3. The quantitative estimate of drug-likeness (QED) is 0.772. The molecule has 86 valence electrons. The van der Waals surface area contributed by atoms with E-state index in [1.165, 1.54) is 0 Å². The van der Waals surface area contributed by atoms with Gasteiger partial charge in [-0.2, -0.15) is 5.10 Å². The van der Waals surface area contributed by atoms with E-state index < -0.39 is 5.60 Å². The van der Waals surface area contributed by atoms with Gasteiger partial charge in [-0.25, -0.2) is 0 Å². The van der Waals surface area contributed by atoms with E-state index >= 15 is 0 Å². The molecule has 0 fully saturated rings. The molecule has 0 aromatic carbocycles. The molecular formula is C11H21N3O. The molecule has 15 heavy (non-hydrogen) atoms. The van der Waals surface area contributed by atoms with Gasteiger partial charge in [-0.15, -0.1) is 0 Å². The van der Waals surface area contributed by atoms with E-state index in [4.69, 9.17) is 0 Å². The fourth-order valence-corrected chi connectivity index (χ4v) is 1.26. The molecule has 2 N–H and O–H groups in total. The molecule has 4 heteroatoms. The summed E-state index contributed by atoms with van der Waals surface area (Å²) in [5.41, 5.74) is 0.488. The van der Waals surface area contributed by atoms with E-state index in [1.807, 2.05) is 17.1 Å². The molecule has 0 unspecified atom stereocenters. The van der Waals surface area contributed by atoms with E-state index in [9.17, 15) is 5.11 Å². The highest BCUT2D eigenvalue weighted by Crippen LogP contribution is 2.05. The third kappa shape index (κ3) is 4.44. The fraction of sp³-hybridized carbons (Fsp3) is 0.727. The van der Waals surface area contributed by atoms with Crippen LogP contribution in [0.15, 0.2) is 12.4 Å². The van der Waals surface area contributed by atoms with Crippen LogP contribution in [0, 0.1) is 0 Å². The Bertz CT molecular complexity index is 299. The Kier molecular flexibility index (Phi) is 3.88. The summed E-state index contributed by atoms with van der Waals surface area (Å²) in [6, 6.07) is 0.396. The van der Waals surface area contributed by atoms with Crippen molar-refractivity contribution < 1.29 is 5.11 Å². The standard InChI is InChI=1S/C11H21N3O/c1-9(2)14-7-10(6-13-14)5-12-8-11(3,4)15/h6-7,9,12,15H,5,8H2,1-4H3. The average Bonchev–Trinajstić information content (AvgIpc) is 2.50. The molecular weight excluding hydrogens is 190 g/mol. The molecule has 1 heterocycles. The zero-order valence-electron chi connectivity index (χ0n) is 9.99.